The van der Waals surface area contributed by atoms with Crippen LogP contribution in [0.3, 0.4) is 0 Å². The van der Waals surface area contributed by atoms with Gasteiger partial charge in [-0.3, -0.25) is 4.90 Å². The van der Waals surface area contributed by atoms with Crippen molar-refractivity contribution in [3.8, 4) is 0 Å². The third-order valence-corrected chi connectivity index (χ3v) is 3.21. The van der Waals surface area contributed by atoms with Crippen LogP contribution < -0.4 is 5.32 Å². The molecule has 1 heterocycles. The van der Waals surface area contributed by atoms with Crippen LogP contribution in [0.15, 0.2) is 0 Å². The van der Waals surface area contributed by atoms with Gasteiger partial charge in [-0.15, -0.1) is 0 Å². The summed E-state index contributed by atoms with van der Waals surface area (Å²) < 4.78 is 5.10. The second kappa shape index (κ2) is 7.20. The second-order valence-corrected chi connectivity index (χ2v) is 4.58. The maximum Gasteiger partial charge on any atom is 0.0474 e. The molecule has 0 aromatic rings. The Morgan fingerprint density at radius 2 is 2.27 bits per heavy atom. The van der Waals surface area contributed by atoms with Crippen LogP contribution in [0.25, 0.3) is 0 Å². The van der Waals surface area contributed by atoms with Crippen molar-refractivity contribution in [2.45, 2.75) is 45.2 Å². The molecular formula is C12H26N2O. The Bertz CT molecular complexity index is 164. The Morgan fingerprint density at radius 3 is 2.93 bits per heavy atom. The van der Waals surface area contributed by atoms with E-state index in [0.29, 0.717) is 12.1 Å². The van der Waals surface area contributed by atoms with Crippen LogP contribution in [-0.2, 0) is 4.74 Å². The van der Waals surface area contributed by atoms with Gasteiger partial charge in [0.1, 0.15) is 0 Å². The van der Waals surface area contributed by atoms with Gasteiger partial charge in [-0.1, -0.05) is 13.3 Å². The fourth-order valence-electron chi connectivity index (χ4n) is 2.26. The Morgan fingerprint density at radius 1 is 1.47 bits per heavy atom. The maximum absolute atomic E-state index is 5.10. The summed E-state index contributed by atoms with van der Waals surface area (Å²) in [4.78, 5) is 2.59. The number of methoxy groups -OCH3 is 1. The fraction of sp³-hybridized carbons (Fsp3) is 1.00. The number of piperazine rings is 1. The first-order chi connectivity index (χ1) is 7.27. The third kappa shape index (κ3) is 4.49. The molecule has 15 heavy (non-hydrogen) atoms. The van der Waals surface area contributed by atoms with Gasteiger partial charge in [0.2, 0.25) is 0 Å². The molecule has 0 radical (unpaired) electrons. The van der Waals surface area contributed by atoms with E-state index in [1.165, 1.54) is 25.9 Å². The van der Waals surface area contributed by atoms with Gasteiger partial charge in [0, 0.05) is 45.4 Å². The van der Waals surface area contributed by atoms with Crippen LogP contribution in [0.2, 0.25) is 0 Å². The minimum absolute atomic E-state index is 0.676. The van der Waals surface area contributed by atoms with Gasteiger partial charge in [-0.25, -0.2) is 0 Å². The monoisotopic (exact) mass is 214 g/mol. The van der Waals surface area contributed by atoms with E-state index in [2.05, 4.69) is 24.1 Å². The third-order valence-electron chi connectivity index (χ3n) is 3.21. The number of hydrogen-bond acceptors (Lipinski definition) is 3. The molecule has 0 saturated carbocycles. The molecule has 1 aliphatic rings. The molecule has 1 saturated heterocycles. The summed E-state index contributed by atoms with van der Waals surface area (Å²) >= 11 is 0. The minimum atomic E-state index is 0.676. The predicted octanol–water partition coefficient (Wildman–Crippen LogP) is 1.49. The molecule has 1 aliphatic heterocycles. The molecule has 90 valence electrons. The highest BCUT2D eigenvalue weighted by atomic mass is 16.5. The van der Waals surface area contributed by atoms with Crippen molar-refractivity contribution in [3.63, 3.8) is 0 Å². The largest absolute Gasteiger partial charge is 0.385 e. The summed E-state index contributed by atoms with van der Waals surface area (Å²) in [5.74, 6) is 0. The molecule has 2 atom stereocenters. The first-order valence-electron chi connectivity index (χ1n) is 6.24. The van der Waals surface area contributed by atoms with Crippen LogP contribution in [0.4, 0.5) is 0 Å². The van der Waals surface area contributed by atoms with Crippen LogP contribution in [0.1, 0.15) is 33.1 Å². The van der Waals surface area contributed by atoms with Crippen molar-refractivity contribution in [3.05, 3.63) is 0 Å². The Balaban J connectivity index is 2.26. The minimum Gasteiger partial charge on any atom is -0.385 e. The van der Waals surface area contributed by atoms with E-state index in [9.17, 15) is 0 Å². The molecule has 0 aromatic heterocycles. The fourth-order valence-corrected chi connectivity index (χ4v) is 2.26. The molecule has 3 nitrogen and oxygen atoms in total. The topological polar surface area (TPSA) is 24.5 Å². The second-order valence-electron chi connectivity index (χ2n) is 4.58. The van der Waals surface area contributed by atoms with E-state index in [0.717, 1.165) is 19.6 Å². The molecule has 0 amide bonds. The normalized spacial score (nSPS) is 28.2. The smallest absolute Gasteiger partial charge is 0.0474 e. The van der Waals surface area contributed by atoms with Gasteiger partial charge in [0.25, 0.3) is 0 Å². The summed E-state index contributed by atoms with van der Waals surface area (Å²) in [6, 6.07) is 1.38. The summed E-state index contributed by atoms with van der Waals surface area (Å²) in [7, 11) is 1.78. The van der Waals surface area contributed by atoms with Crippen LogP contribution in [-0.4, -0.2) is 50.3 Å². The number of rotatable bonds is 6. The molecule has 0 aliphatic carbocycles. The van der Waals surface area contributed by atoms with Crippen molar-refractivity contribution in [2.75, 3.05) is 33.4 Å². The highest BCUT2D eigenvalue weighted by molar-refractivity contribution is 4.83. The van der Waals surface area contributed by atoms with Crippen molar-refractivity contribution in [1.82, 2.24) is 10.2 Å². The van der Waals surface area contributed by atoms with E-state index in [4.69, 9.17) is 4.74 Å². The Kier molecular flexibility index (Phi) is 6.22. The predicted molar refractivity (Wildman–Crippen MR) is 64.2 cm³/mol. The van der Waals surface area contributed by atoms with Crippen LogP contribution in [0, 0.1) is 0 Å². The van der Waals surface area contributed by atoms with Gasteiger partial charge < -0.3 is 10.1 Å². The Hall–Kier alpha value is -0.120. The zero-order valence-corrected chi connectivity index (χ0v) is 10.5. The lowest BCUT2D eigenvalue weighted by atomic mass is 10.1. The molecular weight excluding hydrogens is 188 g/mol. The number of nitrogens with one attached hydrogen (secondary N) is 1. The maximum atomic E-state index is 5.10. The lowest BCUT2D eigenvalue weighted by molar-refractivity contribution is 0.115. The molecule has 1 rings (SSSR count). The van der Waals surface area contributed by atoms with Gasteiger partial charge in [-0.2, -0.15) is 0 Å². The van der Waals surface area contributed by atoms with Crippen LogP contribution >= 0.6 is 0 Å². The molecule has 1 fully saturated rings. The highest BCUT2D eigenvalue weighted by Gasteiger charge is 2.23. The lowest BCUT2D eigenvalue weighted by Gasteiger charge is -2.38. The van der Waals surface area contributed by atoms with Gasteiger partial charge >= 0.3 is 0 Å². The average molecular weight is 214 g/mol. The van der Waals surface area contributed by atoms with Gasteiger partial charge in [0.05, 0.1) is 0 Å². The van der Waals surface area contributed by atoms with Crippen molar-refractivity contribution in [1.29, 1.82) is 0 Å². The summed E-state index contributed by atoms with van der Waals surface area (Å²) in [5, 5.41) is 3.62. The van der Waals surface area contributed by atoms with E-state index in [1.54, 1.807) is 7.11 Å². The van der Waals surface area contributed by atoms with Crippen LogP contribution in [0.5, 0.6) is 0 Å². The van der Waals surface area contributed by atoms with E-state index in [1.807, 2.05) is 0 Å². The SMILES string of the molecule is CCCC1CN(CCCOC)C(C)CN1. The first-order valence-corrected chi connectivity index (χ1v) is 6.24. The van der Waals surface area contributed by atoms with E-state index in [-0.39, 0.29) is 0 Å². The van der Waals surface area contributed by atoms with Crippen molar-refractivity contribution < 1.29 is 4.74 Å². The number of hydrogen-bond donors (Lipinski definition) is 1. The highest BCUT2D eigenvalue weighted by Crippen LogP contribution is 2.10. The summed E-state index contributed by atoms with van der Waals surface area (Å²) in [6.45, 7) is 8.97. The number of nitrogens with zero attached hydrogens (tertiary/aromatic N) is 1. The molecule has 3 heteroatoms. The molecule has 2 unspecified atom stereocenters. The zero-order valence-electron chi connectivity index (χ0n) is 10.5. The lowest BCUT2D eigenvalue weighted by Crippen LogP contribution is -2.55. The van der Waals surface area contributed by atoms with E-state index < -0.39 is 0 Å². The summed E-state index contributed by atoms with van der Waals surface area (Å²) in [5.41, 5.74) is 0. The summed E-state index contributed by atoms with van der Waals surface area (Å²) in [6.07, 6.45) is 3.73. The first kappa shape index (κ1) is 12.9. The molecule has 1 N–H and O–H groups in total. The Labute approximate surface area is 94.2 Å². The molecule has 0 aromatic carbocycles. The quantitative estimate of drug-likeness (QED) is 0.678. The van der Waals surface area contributed by atoms with E-state index >= 15 is 0 Å². The van der Waals surface area contributed by atoms with Gasteiger partial charge in [-0.05, 0) is 19.8 Å². The average Bonchev–Trinajstić information content (AvgIpc) is 2.23. The number of ether oxygens (including phenoxy) is 1. The molecule has 0 bridgehead atoms. The zero-order chi connectivity index (χ0) is 11.1. The van der Waals surface area contributed by atoms with Crippen molar-refractivity contribution >= 4 is 0 Å². The molecule has 0 spiro atoms. The van der Waals surface area contributed by atoms with Gasteiger partial charge in [0.15, 0.2) is 0 Å². The van der Waals surface area contributed by atoms with Crippen molar-refractivity contribution in [2.24, 2.45) is 0 Å². The standard InChI is InChI=1S/C12H26N2O/c1-4-6-12-10-14(7-5-8-15-3)11(2)9-13-12/h11-13H,4-10H2,1-3H3.